The van der Waals surface area contributed by atoms with E-state index in [1.807, 2.05) is 36.0 Å². The van der Waals surface area contributed by atoms with Crippen LogP contribution in [0, 0.1) is 0 Å². The van der Waals surface area contributed by atoms with Gasteiger partial charge in [0.1, 0.15) is 0 Å². The van der Waals surface area contributed by atoms with Gasteiger partial charge in [-0.15, -0.1) is 11.8 Å². The second kappa shape index (κ2) is 7.99. The monoisotopic (exact) mass is 246 g/mol. The van der Waals surface area contributed by atoms with Crippen LogP contribution in [0.4, 0.5) is 0 Å². The first-order chi connectivity index (χ1) is 7.33. The summed E-state index contributed by atoms with van der Waals surface area (Å²) in [7, 11) is 0. The van der Waals surface area contributed by atoms with Crippen LogP contribution in [0.25, 0.3) is 0 Å². The number of nitrogens with two attached hydrogens (primary N) is 1. The molecule has 0 aliphatic carbocycles. The highest BCUT2D eigenvalue weighted by atomic mass is 35.5. The minimum atomic E-state index is 0.268. The maximum atomic E-state index is 8.58. The lowest BCUT2D eigenvalue weighted by Gasteiger charge is -2.01. The average molecular weight is 247 g/mol. The first-order valence-corrected chi connectivity index (χ1v) is 6.50. The van der Waals surface area contributed by atoms with Crippen molar-refractivity contribution in [2.45, 2.75) is 11.3 Å². The normalized spacial score (nSPS) is 10.5. The van der Waals surface area contributed by atoms with Crippen LogP contribution in [0.5, 0.6) is 0 Å². The number of benzene rings is 1. The summed E-state index contributed by atoms with van der Waals surface area (Å²) in [4.78, 5) is 1.27. The van der Waals surface area contributed by atoms with Crippen LogP contribution >= 0.6 is 23.4 Å². The molecule has 0 unspecified atom stereocenters. The topological polar surface area (TPSA) is 36.8 Å². The Morgan fingerprint density at radius 3 is 2.60 bits per heavy atom. The van der Waals surface area contributed by atoms with E-state index < -0.39 is 0 Å². The van der Waals surface area contributed by atoms with Crippen molar-refractivity contribution < 1.29 is 10.4 Å². The van der Waals surface area contributed by atoms with Gasteiger partial charge in [-0.3, -0.25) is 0 Å². The van der Waals surface area contributed by atoms with Gasteiger partial charge in [0.15, 0.2) is 0 Å². The number of thioether (sulfide) groups is 1. The summed E-state index contributed by atoms with van der Waals surface area (Å²) in [5, 5.41) is 11.5. The fourth-order valence-electron chi connectivity index (χ4n) is 1.18. The molecule has 0 saturated carbocycles. The van der Waals surface area contributed by atoms with Gasteiger partial charge in [-0.1, -0.05) is 11.6 Å². The van der Waals surface area contributed by atoms with E-state index in [-0.39, 0.29) is 6.61 Å². The molecule has 0 spiro atoms. The third-order valence-electron chi connectivity index (χ3n) is 1.97. The third-order valence-corrected chi connectivity index (χ3v) is 3.32. The fourth-order valence-corrected chi connectivity index (χ4v) is 2.19. The van der Waals surface area contributed by atoms with E-state index in [1.165, 1.54) is 4.90 Å². The van der Waals surface area contributed by atoms with Crippen molar-refractivity contribution in [1.82, 2.24) is 0 Å². The maximum Gasteiger partial charge on any atom is 0.0990 e. The van der Waals surface area contributed by atoms with Crippen molar-refractivity contribution in [3.8, 4) is 0 Å². The van der Waals surface area contributed by atoms with Crippen molar-refractivity contribution in [1.29, 1.82) is 0 Å². The highest BCUT2D eigenvalue weighted by Gasteiger charge is 1.95. The largest absolute Gasteiger partial charge is 0.391 e. The summed E-state index contributed by atoms with van der Waals surface area (Å²) < 4.78 is 0. The highest BCUT2D eigenvalue weighted by molar-refractivity contribution is 7.99. The highest BCUT2D eigenvalue weighted by Crippen LogP contribution is 2.20. The minimum absolute atomic E-state index is 0.268. The molecule has 0 radical (unpaired) electrons. The summed E-state index contributed by atoms with van der Waals surface area (Å²) in [6, 6.07) is 7.93. The molecule has 0 heterocycles. The first-order valence-electron chi connectivity index (χ1n) is 5.14. The molecule has 0 aromatic heterocycles. The molecule has 4 heteroatoms. The lowest BCUT2D eigenvalue weighted by molar-refractivity contribution is -0.655. The second-order valence-electron chi connectivity index (χ2n) is 3.25. The van der Waals surface area contributed by atoms with Crippen LogP contribution in [-0.2, 0) is 0 Å². The lowest BCUT2D eigenvalue weighted by atomic mass is 10.4. The molecule has 0 fully saturated rings. The molecule has 0 aliphatic heterocycles. The van der Waals surface area contributed by atoms with Crippen LogP contribution in [0.3, 0.4) is 0 Å². The number of hydrogen-bond acceptors (Lipinski definition) is 2. The average Bonchev–Trinajstić information content (AvgIpc) is 2.26. The van der Waals surface area contributed by atoms with E-state index >= 15 is 0 Å². The SMILES string of the molecule is OCC[NH2+]CCCSc1ccc(Cl)cc1. The molecule has 84 valence electrons. The van der Waals surface area contributed by atoms with Gasteiger partial charge in [0, 0.05) is 22.1 Å². The van der Waals surface area contributed by atoms with Crippen LogP contribution in [0.2, 0.25) is 5.02 Å². The number of quaternary nitrogens is 1. The van der Waals surface area contributed by atoms with E-state index in [2.05, 4.69) is 5.32 Å². The quantitative estimate of drug-likeness (QED) is 0.564. The van der Waals surface area contributed by atoms with Crippen molar-refractivity contribution in [2.24, 2.45) is 0 Å². The zero-order valence-corrected chi connectivity index (χ0v) is 10.2. The Morgan fingerprint density at radius 2 is 1.93 bits per heavy atom. The summed E-state index contributed by atoms with van der Waals surface area (Å²) in [5.74, 6) is 1.11. The van der Waals surface area contributed by atoms with Crippen molar-refractivity contribution >= 4 is 23.4 Å². The molecular formula is C11H17ClNOS+. The molecule has 3 N–H and O–H groups in total. The molecule has 1 rings (SSSR count). The Bertz CT molecular complexity index is 266. The molecule has 0 amide bonds. The van der Waals surface area contributed by atoms with Gasteiger partial charge in [0.2, 0.25) is 0 Å². The number of halogens is 1. The fraction of sp³-hybridized carbons (Fsp3) is 0.455. The molecule has 0 saturated heterocycles. The number of hydrogen-bond donors (Lipinski definition) is 2. The van der Waals surface area contributed by atoms with Gasteiger partial charge in [-0.05, 0) is 24.3 Å². The molecule has 1 aromatic rings. The molecule has 0 aliphatic rings. The van der Waals surface area contributed by atoms with Gasteiger partial charge in [0.25, 0.3) is 0 Å². The van der Waals surface area contributed by atoms with Gasteiger partial charge in [-0.25, -0.2) is 0 Å². The van der Waals surface area contributed by atoms with Gasteiger partial charge in [-0.2, -0.15) is 0 Å². The molecule has 0 atom stereocenters. The Kier molecular flexibility index (Phi) is 6.85. The predicted octanol–water partition coefficient (Wildman–Crippen LogP) is 1.38. The molecule has 2 nitrogen and oxygen atoms in total. The Balaban J connectivity index is 2.07. The smallest absolute Gasteiger partial charge is 0.0990 e. The van der Waals surface area contributed by atoms with Crippen LogP contribution in [-0.4, -0.2) is 30.6 Å². The van der Waals surface area contributed by atoms with Crippen LogP contribution < -0.4 is 5.32 Å². The number of rotatable bonds is 7. The van der Waals surface area contributed by atoms with Crippen molar-refractivity contribution in [3.05, 3.63) is 29.3 Å². The van der Waals surface area contributed by atoms with Gasteiger partial charge < -0.3 is 10.4 Å². The van der Waals surface area contributed by atoms with E-state index in [0.717, 1.165) is 30.3 Å². The van der Waals surface area contributed by atoms with Crippen molar-refractivity contribution in [2.75, 3.05) is 25.4 Å². The summed E-state index contributed by atoms with van der Waals surface area (Å²) in [5.41, 5.74) is 0. The molecule has 0 bridgehead atoms. The molecule has 15 heavy (non-hydrogen) atoms. The van der Waals surface area contributed by atoms with Gasteiger partial charge in [0.05, 0.1) is 19.7 Å². The maximum absolute atomic E-state index is 8.58. The zero-order chi connectivity index (χ0) is 10.9. The van der Waals surface area contributed by atoms with Crippen LogP contribution in [0.1, 0.15) is 6.42 Å². The Morgan fingerprint density at radius 1 is 1.20 bits per heavy atom. The van der Waals surface area contributed by atoms with E-state index in [0.29, 0.717) is 0 Å². The van der Waals surface area contributed by atoms with Crippen LogP contribution in [0.15, 0.2) is 29.2 Å². The van der Waals surface area contributed by atoms with E-state index in [9.17, 15) is 0 Å². The predicted molar refractivity (Wildman–Crippen MR) is 65.5 cm³/mol. The lowest BCUT2D eigenvalue weighted by Crippen LogP contribution is -2.85. The minimum Gasteiger partial charge on any atom is -0.391 e. The summed E-state index contributed by atoms with van der Waals surface area (Å²) in [6.45, 7) is 2.16. The summed E-state index contributed by atoms with van der Waals surface area (Å²) >= 11 is 7.64. The third kappa shape index (κ3) is 6.05. The number of aliphatic hydroxyl groups is 1. The second-order valence-corrected chi connectivity index (χ2v) is 4.85. The standard InChI is InChI=1S/C11H16ClNOS/c12-10-2-4-11(5-3-10)15-9-1-6-13-7-8-14/h2-5,13-14H,1,6-9H2/p+1. The van der Waals surface area contributed by atoms with Crippen molar-refractivity contribution in [3.63, 3.8) is 0 Å². The Hall–Kier alpha value is -0.220. The number of aliphatic hydroxyl groups excluding tert-OH is 1. The Labute approximate surface area is 100 Å². The summed E-state index contributed by atoms with van der Waals surface area (Å²) in [6.07, 6.45) is 1.16. The first kappa shape index (κ1) is 12.8. The molecular weight excluding hydrogens is 230 g/mol. The zero-order valence-electron chi connectivity index (χ0n) is 8.66. The van der Waals surface area contributed by atoms with Gasteiger partial charge >= 0.3 is 0 Å². The van der Waals surface area contributed by atoms with E-state index in [4.69, 9.17) is 16.7 Å². The molecule has 1 aromatic carbocycles. The van der Waals surface area contributed by atoms with E-state index in [1.54, 1.807) is 0 Å².